The molecule has 0 aliphatic heterocycles. The Morgan fingerprint density at radius 3 is 2.71 bits per heavy atom. The highest BCUT2D eigenvalue weighted by Crippen LogP contribution is 2.34. The molecule has 1 unspecified atom stereocenters. The van der Waals surface area contributed by atoms with Crippen molar-refractivity contribution in [2.45, 2.75) is 19.1 Å². The maximum Gasteiger partial charge on any atom is 0.416 e. The maximum absolute atomic E-state index is 12.8. The van der Waals surface area contributed by atoms with Crippen LogP contribution in [0.1, 0.15) is 24.1 Å². The fourth-order valence-electron chi connectivity index (χ4n) is 1.51. The third-order valence-corrected chi connectivity index (χ3v) is 3.35. The lowest BCUT2D eigenvalue weighted by Crippen LogP contribution is -2.23. The summed E-state index contributed by atoms with van der Waals surface area (Å²) in [6, 6.07) is 0.696. The van der Waals surface area contributed by atoms with Crippen molar-refractivity contribution in [3.05, 3.63) is 29.6 Å². The van der Waals surface area contributed by atoms with Crippen molar-refractivity contribution in [3.8, 4) is 0 Å². The average molecular weight is 264 g/mol. The highest BCUT2D eigenvalue weighted by atomic mass is 32.2. The van der Waals surface area contributed by atoms with E-state index in [-0.39, 0.29) is 11.6 Å². The summed E-state index contributed by atoms with van der Waals surface area (Å²) in [6.45, 7) is 1.98. The van der Waals surface area contributed by atoms with Crippen LogP contribution in [0.25, 0.3) is 0 Å². The number of halogens is 3. The molecule has 6 heteroatoms. The third-order valence-electron chi connectivity index (χ3n) is 2.37. The molecule has 0 aromatic carbocycles. The Labute approximate surface area is 103 Å². The first-order valence-corrected chi connectivity index (χ1v) is 6.42. The molecule has 0 bridgehead atoms. The van der Waals surface area contributed by atoms with Crippen molar-refractivity contribution >= 4 is 11.8 Å². The molecule has 1 heterocycles. The molecule has 0 aliphatic carbocycles. The van der Waals surface area contributed by atoms with E-state index in [1.165, 1.54) is 12.4 Å². The van der Waals surface area contributed by atoms with Crippen molar-refractivity contribution in [1.82, 2.24) is 10.3 Å². The van der Waals surface area contributed by atoms with Gasteiger partial charge in [0, 0.05) is 29.8 Å². The molecule has 0 saturated heterocycles. The summed E-state index contributed by atoms with van der Waals surface area (Å²) in [6.07, 6.45) is -1.86. The van der Waals surface area contributed by atoms with Gasteiger partial charge in [0.05, 0.1) is 5.56 Å². The van der Waals surface area contributed by atoms with Gasteiger partial charge in [0.2, 0.25) is 0 Å². The fraction of sp³-hybridized carbons (Fsp3) is 0.545. The zero-order chi connectivity index (χ0) is 12.9. The minimum atomic E-state index is -4.33. The lowest BCUT2D eigenvalue weighted by atomic mass is 10.0. The third kappa shape index (κ3) is 3.89. The fourth-order valence-corrected chi connectivity index (χ4v) is 2.32. The molecule has 1 aromatic rings. The molecule has 2 nitrogen and oxygen atoms in total. The second-order valence-corrected chi connectivity index (χ2v) is 4.78. The number of aromatic nitrogens is 1. The van der Waals surface area contributed by atoms with Gasteiger partial charge in [-0.3, -0.25) is 4.98 Å². The zero-order valence-corrected chi connectivity index (χ0v) is 10.5. The van der Waals surface area contributed by atoms with Gasteiger partial charge in [-0.25, -0.2) is 0 Å². The molecule has 96 valence electrons. The van der Waals surface area contributed by atoms with E-state index in [9.17, 15) is 13.2 Å². The molecule has 0 spiro atoms. The summed E-state index contributed by atoms with van der Waals surface area (Å²) in [7, 11) is 1.66. The van der Waals surface area contributed by atoms with Crippen LogP contribution in [0.3, 0.4) is 0 Å². The normalized spacial score (nSPS) is 13.7. The van der Waals surface area contributed by atoms with Gasteiger partial charge in [0.15, 0.2) is 0 Å². The summed E-state index contributed by atoms with van der Waals surface area (Å²) in [4.78, 5) is 3.79. The van der Waals surface area contributed by atoms with Crippen LogP contribution < -0.4 is 5.32 Å². The maximum atomic E-state index is 12.8. The molecule has 1 N–H and O–H groups in total. The van der Waals surface area contributed by atoms with E-state index >= 15 is 0 Å². The number of hydrogen-bond donors (Lipinski definition) is 1. The summed E-state index contributed by atoms with van der Waals surface area (Å²) in [5, 5.41) is 2.90. The van der Waals surface area contributed by atoms with Gasteiger partial charge < -0.3 is 5.32 Å². The number of nitrogens with zero attached hydrogens (tertiary/aromatic N) is 1. The van der Waals surface area contributed by atoms with Crippen LogP contribution >= 0.6 is 11.8 Å². The van der Waals surface area contributed by atoms with Gasteiger partial charge in [0.25, 0.3) is 0 Å². The van der Waals surface area contributed by atoms with E-state index in [2.05, 4.69) is 10.3 Å². The van der Waals surface area contributed by atoms with E-state index in [1.54, 1.807) is 18.8 Å². The van der Waals surface area contributed by atoms with Crippen LogP contribution in [0.2, 0.25) is 0 Å². The zero-order valence-electron chi connectivity index (χ0n) is 9.71. The number of thioether (sulfide) groups is 1. The topological polar surface area (TPSA) is 24.9 Å². The van der Waals surface area contributed by atoms with Gasteiger partial charge in [-0.1, -0.05) is 6.92 Å². The molecule has 1 atom stereocenters. The standard InChI is InChI=1S/C11H15F3N2S/c1-3-17-7-10(15-2)8-6-16-5-4-9(8)11(12,13)14/h4-6,10,15H,3,7H2,1-2H3. The number of hydrogen-bond acceptors (Lipinski definition) is 3. The first kappa shape index (κ1) is 14.3. The quantitative estimate of drug-likeness (QED) is 0.884. The summed E-state index contributed by atoms with van der Waals surface area (Å²) < 4.78 is 38.4. The lowest BCUT2D eigenvalue weighted by Gasteiger charge is -2.20. The van der Waals surface area contributed by atoms with Crippen LogP contribution in [-0.2, 0) is 6.18 Å². The molecule has 0 amide bonds. The van der Waals surface area contributed by atoms with Crippen LogP contribution in [0.4, 0.5) is 13.2 Å². The highest BCUT2D eigenvalue weighted by molar-refractivity contribution is 7.99. The smallest absolute Gasteiger partial charge is 0.312 e. The first-order chi connectivity index (χ1) is 8.00. The van der Waals surface area contributed by atoms with Crippen molar-refractivity contribution in [3.63, 3.8) is 0 Å². The monoisotopic (exact) mass is 264 g/mol. The average Bonchev–Trinajstić information content (AvgIpc) is 2.29. The first-order valence-electron chi connectivity index (χ1n) is 5.26. The van der Waals surface area contributed by atoms with Crippen molar-refractivity contribution in [1.29, 1.82) is 0 Å². The molecule has 17 heavy (non-hydrogen) atoms. The number of nitrogens with one attached hydrogen (secondary N) is 1. The molecular weight excluding hydrogens is 249 g/mol. The Hall–Kier alpha value is -0.750. The van der Waals surface area contributed by atoms with Gasteiger partial charge >= 0.3 is 6.18 Å². The Morgan fingerprint density at radius 2 is 2.18 bits per heavy atom. The summed E-state index contributed by atoms with van der Waals surface area (Å²) in [5.41, 5.74) is -0.396. The Kier molecular flexibility index (Phi) is 5.27. The Balaban J connectivity index is 3.02. The Bertz CT molecular complexity index is 355. The second-order valence-electron chi connectivity index (χ2n) is 3.46. The Morgan fingerprint density at radius 1 is 1.47 bits per heavy atom. The molecule has 0 radical (unpaired) electrons. The van der Waals surface area contributed by atoms with Gasteiger partial charge in [-0.15, -0.1) is 0 Å². The highest BCUT2D eigenvalue weighted by Gasteiger charge is 2.34. The van der Waals surface area contributed by atoms with E-state index in [0.717, 1.165) is 11.8 Å². The van der Waals surface area contributed by atoms with Gasteiger partial charge in [-0.2, -0.15) is 24.9 Å². The molecular formula is C11H15F3N2S. The van der Waals surface area contributed by atoms with Crippen molar-refractivity contribution < 1.29 is 13.2 Å². The minimum Gasteiger partial charge on any atom is -0.312 e. The van der Waals surface area contributed by atoms with Crippen LogP contribution in [0.15, 0.2) is 18.5 Å². The SMILES string of the molecule is CCSCC(NC)c1cnccc1C(F)(F)F. The summed E-state index contributed by atoms with van der Waals surface area (Å²) in [5.74, 6) is 1.47. The van der Waals surface area contributed by atoms with Crippen molar-refractivity contribution in [2.24, 2.45) is 0 Å². The van der Waals surface area contributed by atoms with E-state index in [4.69, 9.17) is 0 Å². The number of pyridine rings is 1. The molecule has 1 aromatic heterocycles. The second kappa shape index (κ2) is 6.26. The van der Waals surface area contributed by atoms with Gasteiger partial charge in [-0.05, 0) is 18.9 Å². The lowest BCUT2D eigenvalue weighted by molar-refractivity contribution is -0.138. The molecule has 0 aliphatic rings. The molecule has 0 saturated carbocycles. The van der Waals surface area contributed by atoms with E-state index in [1.807, 2.05) is 6.92 Å². The van der Waals surface area contributed by atoms with Crippen molar-refractivity contribution in [2.75, 3.05) is 18.6 Å². The van der Waals surface area contributed by atoms with Crippen LogP contribution in [0.5, 0.6) is 0 Å². The van der Waals surface area contributed by atoms with Crippen LogP contribution in [0, 0.1) is 0 Å². The molecule has 1 rings (SSSR count). The van der Waals surface area contributed by atoms with Crippen LogP contribution in [-0.4, -0.2) is 23.5 Å². The largest absolute Gasteiger partial charge is 0.416 e. The molecule has 0 fully saturated rings. The number of alkyl halides is 3. The minimum absolute atomic E-state index is 0.212. The van der Waals surface area contributed by atoms with E-state index in [0.29, 0.717) is 5.75 Å². The predicted molar refractivity (Wildman–Crippen MR) is 64.0 cm³/mol. The summed E-state index contributed by atoms with van der Waals surface area (Å²) >= 11 is 1.60. The van der Waals surface area contributed by atoms with Gasteiger partial charge in [0.1, 0.15) is 0 Å². The van der Waals surface area contributed by atoms with E-state index < -0.39 is 11.7 Å². The predicted octanol–water partition coefficient (Wildman–Crippen LogP) is 3.11. The number of rotatable bonds is 5.